The van der Waals surface area contributed by atoms with Gasteiger partial charge >= 0.3 is 6.09 Å². The molecule has 4 rings (SSSR count). The Hall–Kier alpha value is -5.52. The minimum absolute atomic E-state index is 0.0579. The first kappa shape index (κ1) is 36.3. The predicted octanol–water partition coefficient (Wildman–Crippen LogP) is 5.33. The number of hydrogen-bond donors (Lipinski definition) is 4. The first-order valence-electron chi connectivity index (χ1n) is 16.5. The SMILES string of the molecule is CCCN(CCC)C(=O)C1=Cc2ccc(C(=O)Nc3cncc(CNC(=O)[C@@H](NC(=O)OCc4ccccc4)C(C)C)c3)cc2N=C(N)C1. The van der Waals surface area contributed by atoms with Crippen LogP contribution in [0.3, 0.4) is 0 Å². The molecule has 0 spiro atoms. The number of nitrogens with one attached hydrogen (secondary N) is 3. The van der Waals surface area contributed by atoms with E-state index in [1.54, 1.807) is 36.5 Å². The summed E-state index contributed by atoms with van der Waals surface area (Å²) < 4.78 is 5.28. The van der Waals surface area contributed by atoms with Crippen LogP contribution in [0.4, 0.5) is 16.2 Å². The van der Waals surface area contributed by atoms with Crippen molar-refractivity contribution in [1.82, 2.24) is 20.5 Å². The molecule has 2 aromatic carbocycles. The second-order valence-corrected chi connectivity index (χ2v) is 12.2. The fraction of sp³-hybridized carbons (Fsp3) is 0.351. The lowest BCUT2D eigenvalue weighted by atomic mass is 10.0. The Morgan fingerprint density at radius 2 is 1.69 bits per heavy atom. The lowest BCUT2D eigenvalue weighted by Crippen LogP contribution is -2.49. The summed E-state index contributed by atoms with van der Waals surface area (Å²) in [5.41, 5.74) is 10.2. The highest BCUT2D eigenvalue weighted by Gasteiger charge is 2.25. The quantitative estimate of drug-likeness (QED) is 0.180. The molecule has 0 aliphatic carbocycles. The number of anilines is 1. The van der Waals surface area contributed by atoms with E-state index in [-0.39, 0.29) is 43.2 Å². The maximum absolute atomic E-state index is 13.3. The van der Waals surface area contributed by atoms with Gasteiger partial charge in [-0.15, -0.1) is 0 Å². The van der Waals surface area contributed by atoms with E-state index in [1.165, 1.54) is 6.20 Å². The van der Waals surface area contributed by atoms with Gasteiger partial charge in [0.2, 0.25) is 11.8 Å². The second kappa shape index (κ2) is 17.6. The average Bonchev–Trinajstić information content (AvgIpc) is 3.26. The Morgan fingerprint density at radius 3 is 2.39 bits per heavy atom. The molecule has 0 saturated carbocycles. The lowest BCUT2D eigenvalue weighted by Gasteiger charge is -2.22. The molecular weight excluding hydrogens is 622 g/mol. The van der Waals surface area contributed by atoms with E-state index in [2.05, 4.69) is 25.9 Å². The Bertz CT molecular complexity index is 1700. The Kier molecular flexibility index (Phi) is 13.0. The fourth-order valence-corrected chi connectivity index (χ4v) is 5.31. The van der Waals surface area contributed by atoms with Crippen molar-refractivity contribution in [3.63, 3.8) is 0 Å². The summed E-state index contributed by atoms with van der Waals surface area (Å²) in [6.45, 7) is 9.26. The minimum Gasteiger partial charge on any atom is -0.445 e. The second-order valence-electron chi connectivity index (χ2n) is 12.2. The van der Waals surface area contributed by atoms with Crippen LogP contribution >= 0.6 is 0 Å². The summed E-state index contributed by atoms with van der Waals surface area (Å²) >= 11 is 0. The van der Waals surface area contributed by atoms with Crippen LogP contribution in [0, 0.1) is 5.92 Å². The normalized spacial score (nSPS) is 12.8. The standard InChI is InChI=1S/C37H45N7O5/c1-5-14-44(15-6-2)36(47)29-17-27-12-13-28(18-31(27)42-32(38)19-29)34(45)41-30-16-26(20-39-22-30)21-40-35(46)33(24(3)4)43-37(48)49-23-25-10-8-7-9-11-25/h7-13,16-18,20,22,24,33H,5-6,14-15,19,21,23H2,1-4H3,(H2,38,42)(H,40,46)(H,41,45)(H,43,48)/t33-/m0/s1. The number of amidine groups is 1. The predicted molar refractivity (Wildman–Crippen MR) is 190 cm³/mol. The van der Waals surface area contributed by atoms with Gasteiger partial charge in [0.15, 0.2) is 0 Å². The molecule has 0 bridgehead atoms. The van der Waals surface area contributed by atoms with E-state index >= 15 is 0 Å². The van der Waals surface area contributed by atoms with Gasteiger partial charge in [-0.25, -0.2) is 9.79 Å². The van der Waals surface area contributed by atoms with Crippen LogP contribution in [0.2, 0.25) is 0 Å². The van der Waals surface area contributed by atoms with Gasteiger partial charge in [0.1, 0.15) is 18.5 Å². The van der Waals surface area contributed by atoms with Gasteiger partial charge in [-0.1, -0.05) is 64.1 Å². The van der Waals surface area contributed by atoms with Crippen LogP contribution in [-0.2, 0) is 27.5 Å². The largest absolute Gasteiger partial charge is 0.445 e. The summed E-state index contributed by atoms with van der Waals surface area (Å²) in [6.07, 6.45) is 6.13. The van der Waals surface area contributed by atoms with E-state index in [4.69, 9.17) is 10.5 Å². The van der Waals surface area contributed by atoms with Gasteiger partial charge in [0.25, 0.3) is 5.91 Å². The summed E-state index contributed by atoms with van der Waals surface area (Å²) in [5, 5.41) is 8.31. The molecule has 0 unspecified atom stereocenters. The number of nitrogens with zero attached hydrogens (tertiary/aromatic N) is 3. The van der Waals surface area contributed by atoms with Crippen LogP contribution in [0.15, 0.2) is 77.6 Å². The number of carbonyl (C=O) groups is 4. The third-order valence-corrected chi connectivity index (χ3v) is 7.76. The highest BCUT2D eigenvalue weighted by Crippen LogP contribution is 2.29. The zero-order valence-electron chi connectivity index (χ0n) is 28.5. The number of rotatable bonds is 14. The van der Waals surface area contributed by atoms with E-state index in [0.29, 0.717) is 52.6 Å². The fourth-order valence-electron chi connectivity index (χ4n) is 5.31. The van der Waals surface area contributed by atoms with Crippen LogP contribution in [0.1, 0.15) is 74.0 Å². The summed E-state index contributed by atoms with van der Waals surface area (Å²) in [6, 6.07) is 15.2. The number of nitrogens with two attached hydrogens (primary N) is 1. The molecule has 0 saturated heterocycles. The molecule has 12 heteroatoms. The number of pyridine rings is 1. The topological polar surface area (TPSA) is 168 Å². The Labute approximate surface area is 287 Å². The lowest BCUT2D eigenvalue weighted by molar-refractivity contribution is -0.127. The van der Waals surface area contributed by atoms with Gasteiger partial charge in [-0.2, -0.15) is 0 Å². The number of amides is 4. The molecule has 1 aliphatic rings. The molecule has 4 amide bonds. The molecule has 1 aliphatic heterocycles. The van der Waals surface area contributed by atoms with Crippen LogP contribution < -0.4 is 21.7 Å². The maximum Gasteiger partial charge on any atom is 0.408 e. The molecule has 12 nitrogen and oxygen atoms in total. The highest BCUT2D eigenvalue weighted by molar-refractivity contribution is 6.08. The molecule has 49 heavy (non-hydrogen) atoms. The van der Waals surface area contributed by atoms with Gasteiger partial charge < -0.3 is 31.3 Å². The van der Waals surface area contributed by atoms with Gasteiger partial charge in [-0.3, -0.25) is 19.4 Å². The number of hydrogen-bond acceptors (Lipinski definition) is 8. The molecule has 2 heterocycles. The molecule has 0 radical (unpaired) electrons. The number of aliphatic imine (C=N–C) groups is 1. The highest BCUT2D eigenvalue weighted by atomic mass is 16.5. The van der Waals surface area contributed by atoms with Crippen LogP contribution in [0.25, 0.3) is 6.08 Å². The van der Waals surface area contributed by atoms with Gasteiger partial charge in [0, 0.05) is 49.0 Å². The first-order valence-corrected chi connectivity index (χ1v) is 16.5. The van der Waals surface area contributed by atoms with Crippen LogP contribution in [0.5, 0.6) is 0 Å². The minimum atomic E-state index is -0.820. The third kappa shape index (κ3) is 10.5. The molecule has 1 aromatic heterocycles. The molecule has 1 atom stereocenters. The van der Waals surface area contributed by atoms with Crippen molar-refractivity contribution in [2.45, 2.75) is 66.2 Å². The van der Waals surface area contributed by atoms with E-state index in [9.17, 15) is 19.2 Å². The van der Waals surface area contributed by atoms with Crippen LogP contribution in [-0.4, -0.2) is 58.7 Å². The Morgan fingerprint density at radius 1 is 0.959 bits per heavy atom. The van der Waals surface area contributed by atoms with Crippen molar-refractivity contribution in [2.24, 2.45) is 16.6 Å². The van der Waals surface area contributed by atoms with Crippen molar-refractivity contribution in [2.75, 3.05) is 18.4 Å². The average molecular weight is 668 g/mol. The van der Waals surface area contributed by atoms with Gasteiger partial charge in [0.05, 0.1) is 17.6 Å². The van der Waals surface area contributed by atoms with E-state index in [0.717, 1.165) is 18.4 Å². The number of aromatic nitrogens is 1. The molecule has 0 fully saturated rings. The van der Waals surface area contributed by atoms with Crippen molar-refractivity contribution in [3.05, 3.63) is 94.8 Å². The molecule has 258 valence electrons. The first-order chi connectivity index (χ1) is 23.6. The zero-order valence-corrected chi connectivity index (χ0v) is 28.5. The monoisotopic (exact) mass is 667 g/mol. The number of ether oxygens (including phenoxy) is 1. The van der Waals surface area contributed by atoms with Crippen molar-refractivity contribution < 1.29 is 23.9 Å². The van der Waals surface area contributed by atoms with E-state index < -0.39 is 12.1 Å². The number of alkyl carbamates (subject to hydrolysis) is 1. The third-order valence-electron chi connectivity index (χ3n) is 7.76. The van der Waals surface area contributed by atoms with Gasteiger partial charge in [-0.05, 0) is 54.2 Å². The summed E-state index contributed by atoms with van der Waals surface area (Å²) in [4.78, 5) is 62.5. The number of fused-ring (bicyclic) bond motifs is 1. The molecule has 5 N–H and O–H groups in total. The smallest absolute Gasteiger partial charge is 0.408 e. The zero-order chi connectivity index (χ0) is 35.3. The number of benzene rings is 2. The van der Waals surface area contributed by atoms with Crippen molar-refractivity contribution in [1.29, 1.82) is 0 Å². The Balaban J connectivity index is 1.37. The van der Waals surface area contributed by atoms with Crippen molar-refractivity contribution >= 4 is 47.1 Å². The molecule has 3 aromatic rings. The van der Waals surface area contributed by atoms with Crippen molar-refractivity contribution in [3.8, 4) is 0 Å². The number of carbonyl (C=O) groups excluding carboxylic acids is 4. The summed E-state index contributed by atoms with van der Waals surface area (Å²) in [7, 11) is 0. The summed E-state index contributed by atoms with van der Waals surface area (Å²) in [5.74, 6) is -0.736. The van der Waals surface area contributed by atoms with E-state index in [1.807, 2.05) is 62.9 Å². The maximum atomic E-state index is 13.3. The molecular formula is C37H45N7O5.